The number of hydrogen-bond acceptors (Lipinski definition) is 6. The molecule has 0 aliphatic rings. The second kappa shape index (κ2) is 8.02. The number of sulfonamides is 1. The Morgan fingerprint density at radius 3 is 2.52 bits per heavy atom. The molecule has 25 heavy (non-hydrogen) atoms. The van der Waals surface area contributed by atoms with Gasteiger partial charge in [0, 0.05) is 19.0 Å². The van der Waals surface area contributed by atoms with Crippen LogP contribution in [0, 0.1) is 6.92 Å². The number of ether oxygens (including phenoxy) is 1. The molecule has 8 nitrogen and oxygen atoms in total. The van der Waals surface area contributed by atoms with E-state index in [1.165, 1.54) is 4.31 Å². The minimum atomic E-state index is -3.53. The Bertz CT molecular complexity index is 815. The zero-order valence-electron chi connectivity index (χ0n) is 14.4. The van der Waals surface area contributed by atoms with Crippen molar-refractivity contribution in [2.45, 2.75) is 20.3 Å². The van der Waals surface area contributed by atoms with Crippen LogP contribution in [0.4, 0.5) is 11.5 Å². The smallest absolute Gasteiger partial charge is 0.232 e. The number of carbonyl (C=O) groups excluding carboxylic acids is 1. The highest BCUT2D eigenvalue weighted by Crippen LogP contribution is 2.22. The first-order valence-corrected chi connectivity index (χ1v) is 9.58. The molecule has 0 saturated heterocycles. The number of nitrogens with zero attached hydrogens (tertiary/aromatic N) is 2. The van der Waals surface area contributed by atoms with Crippen LogP contribution in [0.5, 0.6) is 5.75 Å². The molecule has 0 aliphatic carbocycles. The normalized spacial score (nSPS) is 11.2. The van der Waals surface area contributed by atoms with Crippen molar-refractivity contribution in [3.63, 3.8) is 0 Å². The molecule has 1 aromatic carbocycles. The predicted molar refractivity (Wildman–Crippen MR) is 94.3 cm³/mol. The summed E-state index contributed by atoms with van der Waals surface area (Å²) in [7, 11) is -3.53. The van der Waals surface area contributed by atoms with E-state index in [-0.39, 0.29) is 18.9 Å². The van der Waals surface area contributed by atoms with Gasteiger partial charge in [-0.15, -0.1) is 0 Å². The fraction of sp³-hybridized carbons (Fsp3) is 0.375. The second-order valence-corrected chi connectivity index (χ2v) is 7.29. The van der Waals surface area contributed by atoms with Crippen LogP contribution in [0.1, 0.15) is 19.1 Å². The van der Waals surface area contributed by atoms with E-state index in [2.05, 4.69) is 10.5 Å². The van der Waals surface area contributed by atoms with E-state index in [1.54, 1.807) is 37.3 Å². The molecule has 0 aliphatic heterocycles. The fourth-order valence-electron chi connectivity index (χ4n) is 2.20. The van der Waals surface area contributed by atoms with E-state index in [4.69, 9.17) is 9.26 Å². The molecule has 1 aromatic heterocycles. The van der Waals surface area contributed by atoms with E-state index in [0.29, 0.717) is 29.6 Å². The van der Waals surface area contributed by atoms with Crippen molar-refractivity contribution in [1.29, 1.82) is 0 Å². The monoisotopic (exact) mass is 367 g/mol. The van der Waals surface area contributed by atoms with E-state index in [0.717, 1.165) is 6.26 Å². The van der Waals surface area contributed by atoms with Crippen molar-refractivity contribution in [1.82, 2.24) is 5.16 Å². The van der Waals surface area contributed by atoms with Crippen LogP contribution < -0.4 is 14.4 Å². The van der Waals surface area contributed by atoms with E-state index >= 15 is 0 Å². The molecule has 9 heteroatoms. The Morgan fingerprint density at radius 2 is 2.00 bits per heavy atom. The van der Waals surface area contributed by atoms with Crippen molar-refractivity contribution in [3.8, 4) is 5.75 Å². The molecule has 2 rings (SSSR count). The summed E-state index contributed by atoms with van der Waals surface area (Å²) in [6, 6.07) is 8.25. The number of carbonyl (C=O) groups is 1. The van der Waals surface area contributed by atoms with Gasteiger partial charge >= 0.3 is 0 Å². The standard InChI is InChI=1S/C16H21N3O5S/c1-4-23-14-7-5-13(6-8-14)19(25(3,21)22)10-9-16(20)17-15-11-12(2)24-18-15/h5-8,11H,4,9-10H2,1-3H3,(H,17,18,20). The predicted octanol–water partition coefficient (Wildman–Crippen LogP) is 2.18. The Morgan fingerprint density at radius 1 is 1.32 bits per heavy atom. The maximum absolute atomic E-state index is 12.1. The molecule has 0 saturated carbocycles. The van der Waals surface area contributed by atoms with Gasteiger partial charge < -0.3 is 14.6 Å². The number of anilines is 2. The van der Waals surface area contributed by atoms with Gasteiger partial charge in [-0.1, -0.05) is 5.16 Å². The first-order chi connectivity index (χ1) is 11.8. The highest BCUT2D eigenvalue weighted by molar-refractivity contribution is 7.92. The first kappa shape index (κ1) is 18.8. The molecule has 1 N–H and O–H groups in total. The molecule has 0 unspecified atom stereocenters. The van der Waals surface area contributed by atoms with E-state index < -0.39 is 10.0 Å². The van der Waals surface area contributed by atoms with Crippen molar-refractivity contribution in [3.05, 3.63) is 36.1 Å². The van der Waals surface area contributed by atoms with Crippen molar-refractivity contribution >= 4 is 27.4 Å². The van der Waals surface area contributed by atoms with Gasteiger partial charge in [-0.3, -0.25) is 9.10 Å². The molecule has 136 valence electrons. The van der Waals surface area contributed by atoms with Gasteiger partial charge in [0.2, 0.25) is 15.9 Å². The number of rotatable bonds is 8. The molecular formula is C16H21N3O5S. The molecule has 1 heterocycles. The maximum Gasteiger partial charge on any atom is 0.232 e. The summed E-state index contributed by atoms with van der Waals surface area (Å²) in [6.45, 7) is 4.11. The van der Waals surface area contributed by atoms with Crippen LogP contribution in [-0.2, 0) is 14.8 Å². The van der Waals surface area contributed by atoms with Crippen LogP contribution in [0.25, 0.3) is 0 Å². The van der Waals surface area contributed by atoms with Gasteiger partial charge in [0.15, 0.2) is 5.82 Å². The zero-order valence-corrected chi connectivity index (χ0v) is 15.2. The lowest BCUT2D eigenvalue weighted by atomic mass is 10.3. The van der Waals surface area contributed by atoms with Crippen LogP contribution in [0.2, 0.25) is 0 Å². The van der Waals surface area contributed by atoms with Crippen LogP contribution in [0.3, 0.4) is 0 Å². The number of aryl methyl sites for hydroxylation is 1. The van der Waals surface area contributed by atoms with Gasteiger partial charge in [0.05, 0.1) is 18.6 Å². The molecule has 0 radical (unpaired) electrons. The molecule has 0 spiro atoms. The minimum Gasteiger partial charge on any atom is -0.494 e. The third-order valence-electron chi connectivity index (χ3n) is 3.27. The Balaban J connectivity index is 2.04. The molecule has 1 amide bonds. The fourth-order valence-corrected chi connectivity index (χ4v) is 3.12. The second-order valence-electron chi connectivity index (χ2n) is 5.38. The summed E-state index contributed by atoms with van der Waals surface area (Å²) < 4.78 is 35.5. The number of nitrogens with one attached hydrogen (secondary N) is 1. The minimum absolute atomic E-state index is 0.00941. The van der Waals surface area contributed by atoms with Gasteiger partial charge in [-0.05, 0) is 38.1 Å². The van der Waals surface area contributed by atoms with Crippen LogP contribution in [0.15, 0.2) is 34.9 Å². The number of benzene rings is 1. The van der Waals surface area contributed by atoms with E-state index in [1.807, 2.05) is 6.92 Å². The Kier molecular flexibility index (Phi) is 6.02. The lowest BCUT2D eigenvalue weighted by molar-refractivity contribution is -0.116. The lowest BCUT2D eigenvalue weighted by Crippen LogP contribution is -2.33. The van der Waals surface area contributed by atoms with Crippen LogP contribution >= 0.6 is 0 Å². The quantitative estimate of drug-likeness (QED) is 0.767. The van der Waals surface area contributed by atoms with Gasteiger partial charge in [0.1, 0.15) is 11.5 Å². The maximum atomic E-state index is 12.1. The van der Waals surface area contributed by atoms with E-state index in [9.17, 15) is 13.2 Å². The molecule has 2 aromatic rings. The third-order valence-corrected chi connectivity index (χ3v) is 4.47. The highest BCUT2D eigenvalue weighted by Gasteiger charge is 2.19. The lowest BCUT2D eigenvalue weighted by Gasteiger charge is -2.22. The largest absolute Gasteiger partial charge is 0.494 e. The number of hydrogen-bond donors (Lipinski definition) is 1. The Hall–Kier alpha value is -2.55. The summed E-state index contributed by atoms with van der Waals surface area (Å²) in [5, 5.41) is 6.23. The SMILES string of the molecule is CCOc1ccc(N(CCC(=O)Nc2cc(C)on2)S(C)(=O)=O)cc1. The first-order valence-electron chi connectivity index (χ1n) is 7.73. The van der Waals surface area contributed by atoms with Crippen LogP contribution in [-0.4, -0.2) is 38.9 Å². The molecule has 0 atom stereocenters. The summed E-state index contributed by atoms with van der Waals surface area (Å²) in [6.07, 6.45) is 1.08. The molecular weight excluding hydrogens is 346 g/mol. The third kappa shape index (κ3) is 5.49. The summed E-state index contributed by atoms with van der Waals surface area (Å²) >= 11 is 0. The van der Waals surface area contributed by atoms with Crippen molar-refractivity contribution in [2.75, 3.05) is 29.0 Å². The van der Waals surface area contributed by atoms with Crippen molar-refractivity contribution in [2.24, 2.45) is 0 Å². The zero-order chi connectivity index (χ0) is 18.4. The average Bonchev–Trinajstić information content (AvgIpc) is 2.93. The summed E-state index contributed by atoms with van der Waals surface area (Å²) in [5.41, 5.74) is 0.469. The van der Waals surface area contributed by atoms with Crippen molar-refractivity contribution < 1.29 is 22.5 Å². The molecule has 0 bridgehead atoms. The topological polar surface area (TPSA) is 102 Å². The Labute approximate surface area is 146 Å². The van der Waals surface area contributed by atoms with Gasteiger partial charge in [-0.2, -0.15) is 0 Å². The number of aromatic nitrogens is 1. The molecule has 0 fully saturated rings. The van der Waals surface area contributed by atoms with Gasteiger partial charge in [-0.25, -0.2) is 8.42 Å². The highest BCUT2D eigenvalue weighted by atomic mass is 32.2. The summed E-state index contributed by atoms with van der Waals surface area (Å²) in [5.74, 6) is 1.17. The number of amides is 1. The summed E-state index contributed by atoms with van der Waals surface area (Å²) in [4.78, 5) is 12.0. The average molecular weight is 367 g/mol. The van der Waals surface area contributed by atoms with Gasteiger partial charge in [0.25, 0.3) is 0 Å².